The zero-order valence-corrected chi connectivity index (χ0v) is 11.1. The highest BCUT2D eigenvalue weighted by Gasteiger charge is 2.49. The predicted octanol–water partition coefficient (Wildman–Crippen LogP) is 3.25. The van der Waals surface area contributed by atoms with Crippen LogP contribution in [0.2, 0.25) is 5.15 Å². The lowest BCUT2D eigenvalue weighted by Gasteiger charge is -2.54. The molecule has 2 N–H and O–H groups in total. The molecule has 4 aliphatic carbocycles. The van der Waals surface area contributed by atoms with Gasteiger partial charge in [0.25, 0.3) is 0 Å². The molecule has 0 saturated heterocycles. The van der Waals surface area contributed by atoms with E-state index in [2.05, 4.69) is 9.97 Å². The fourth-order valence-corrected chi connectivity index (χ4v) is 5.23. The van der Waals surface area contributed by atoms with Crippen molar-refractivity contribution in [2.45, 2.75) is 38.0 Å². The van der Waals surface area contributed by atoms with Gasteiger partial charge in [0.1, 0.15) is 5.15 Å². The maximum Gasteiger partial charge on any atom is 0.221 e. The first-order chi connectivity index (χ1) is 8.69. The van der Waals surface area contributed by atoms with Crippen LogP contribution in [0, 0.1) is 23.7 Å². The smallest absolute Gasteiger partial charge is 0.221 e. The Morgan fingerprint density at radius 1 is 1.00 bits per heavy atom. The van der Waals surface area contributed by atoms with Crippen LogP contribution in [-0.4, -0.2) is 9.97 Å². The third kappa shape index (κ3) is 1.63. The molecule has 4 bridgehead atoms. The summed E-state index contributed by atoms with van der Waals surface area (Å²) < 4.78 is 0. The minimum atomic E-state index is 0.325. The van der Waals surface area contributed by atoms with Gasteiger partial charge in [-0.3, -0.25) is 0 Å². The van der Waals surface area contributed by atoms with Crippen molar-refractivity contribution in [1.29, 1.82) is 0 Å². The van der Waals surface area contributed by atoms with Gasteiger partial charge in [-0.15, -0.1) is 0 Å². The van der Waals surface area contributed by atoms with Crippen LogP contribution in [-0.2, 0) is 0 Å². The monoisotopic (exact) mass is 263 g/mol. The fraction of sp³-hybridized carbons (Fsp3) is 0.714. The van der Waals surface area contributed by atoms with Gasteiger partial charge in [-0.05, 0) is 61.8 Å². The number of anilines is 1. The summed E-state index contributed by atoms with van der Waals surface area (Å²) in [7, 11) is 0. The van der Waals surface area contributed by atoms with E-state index in [1.807, 2.05) is 6.07 Å². The number of nitrogens with zero attached hydrogens (tertiary/aromatic N) is 2. The minimum absolute atomic E-state index is 0.325. The Hall–Kier alpha value is -0.830. The van der Waals surface area contributed by atoms with Crippen molar-refractivity contribution in [2.75, 3.05) is 5.73 Å². The van der Waals surface area contributed by atoms with Crippen molar-refractivity contribution in [3.63, 3.8) is 0 Å². The van der Waals surface area contributed by atoms with Gasteiger partial charge < -0.3 is 5.73 Å². The largest absolute Gasteiger partial charge is 0.368 e. The van der Waals surface area contributed by atoms with Crippen molar-refractivity contribution in [3.05, 3.63) is 16.9 Å². The molecule has 0 spiro atoms. The Morgan fingerprint density at radius 3 is 2.17 bits per heavy atom. The molecular weight excluding hydrogens is 246 g/mol. The van der Waals surface area contributed by atoms with Crippen LogP contribution in [0.5, 0.6) is 0 Å². The summed E-state index contributed by atoms with van der Waals surface area (Å²) in [6.45, 7) is 0. The molecule has 0 aliphatic heterocycles. The third-order valence-electron chi connectivity index (χ3n) is 5.30. The van der Waals surface area contributed by atoms with Gasteiger partial charge in [-0.25, -0.2) is 9.97 Å². The van der Waals surface area contributed by atoms with E-state index in [9.17, 15) is 0 Å². The van der Waals surface area contributed by atoms with Gasteiger partial charge in [-0.1, -0.05) is 11.6 Å². The van der Waals surface area contributed by atoms with Crippen LogP contribution in [0.25, 0.3) is 0 Å². The topological polar surface area (TPSA) is 51.8 Å². The Labute approximate surface area is 112 Å². The maximum atomic E-state index is 6.03. The van der Waals surface area contributed by atoms with Crippen molar-refractivity contribution in [3.8, 4) is 0 Å². The van der Waals surface area contributed by atoms with E-state index in [1.165, 1.54) is 32.1 Å². The molecule has 5 rings (SSSR count). The minimum Gasteiger partial charge on any atom is -0.368 e. The molecular formula is C14H18ClN3. The van der Waals surface area contributed by atoms with Gasteiger partial charge in [0.2, 0.25) is 5.95 Å². The number of nitrogens with two attached hydrogens (primary N) is 1. The molecule has 4 saturated carbocycles. The van der Waals surface area contributed by atoms with Gasteiger partial charge in [0.15, 0.2) is 0 Å². The van der Waals surface area contributed by atoms with Gasteiger partial charge >= 0.3 is 0 Å². The summed E-state index contributed by atoms with van der Waals surface area (Å²) in [5.74, 6) is 4.50. The first-order valence-electron chi connectivity index (χ1n) is 6.99. The van der Waals surface area contributed by atoms with Crippen LogP contribution >= 0.6 is 11.6 Å². The van der Waals surface area contributed by atoms with Crippen LogP contribution in [0.3, 0.4) is 0 Å². The average molecular weight is 264 g/mol. The quantitative estimate of drug-likeness (QED) is 0.792. The highest BCUT2D eigenvalue weighted by Crippen LogP contribution is 2.59. The normalized spacial score (nSPS) is 41.3. The predicted molar refractivity (Wildman–Crippen MR) is 71.2 cm³/mol. The zero-order valence-electron chi connectivity index (χ0n) is 10.3. The lowest BCUT2D eigenvalue weighted by atomic mass is 9.51. The van der Waals surface area contributed by atoms with E-state index in [0.717, 1.165) is 29.4 Å². The second-order valence-electron chi connectivity index (χ2n) is 6.43. The van der Waals surface area contributed by atoms with Gasteiger partial charge in [-0.2, -0.15) is 0 Å². The van der Waals surface area contributed by atoms with E-state index in [0.29, 0.717) is 17.0 Å². The summed E-state index contributed by atoms with van der Waals surface area (Å²) in [6, 6.07) is 1.94. The molecule has 4 aliphatic rings. The van der Waals surface area contributed by atoms with Crippen LogP contribution in [0.4, 0.5) is 5.95 Å². The van der Waals surface area contributed by atoms with Crippen molar-refractivity contribution < 1.29 is 0 Å². The summed E-state index contributed by atoms with van der Waals surface area (Å²) >= 11 is 6.03. The molecule has 96 valence electrons. The van der Waals surface area contributed by atoms with E-state index in [1.54, 1.807) is 0 Å². The van der Waals surface area contributed by atoms with Crippen molar-refractivity contribution >= 4 is 17.5 Å². The number of aromatic nitrogens is 2. The molecule has 1 aromatic rings. The number of nitrogen functional groups attached to an aromatic ring is 1. The molecule has 18 heavy (non-hydrogen) atoms. The summed E-state index contributed by atoms with van der Waals surface area (Å²) in [4.78, 5) is 8.44. The van der Waals surface area contributed by atoms with Crippen LogP contribution in [0.1, 0.15) is 43.7 Å². The summed E-state index contributed by atoms with van der Waals surface area (Å²) in [6.07, 6.45) is 7.03. The molecule has 0 unspecified atom stereocenters. The molecule has 0 aromatic carbocycles. The zero-order chi connectivity index (χ0) is 12.3. The highest BCUT2D eigenvalue weighted by atomic mass is 35.5. The van der Waals surface area contributed by atoms with E-state index in [4.69, 9.17) is 17.3 Å². The number of hydrogen-bond donors (Lipinski definition) is 1. The second kappa shape index (κ2) is 3.83. The Balaban J connectivity index is 1.72. The highest BCUT2D eigenvalue weighted by molar-refractivity contribution is 6.29. The Bertz CT molecular complexity index is 440. The summed E-state index contributed by atoms with van der Waals surface area (Å²) in [5, 5.41) is 0.492. The first-order valence-corrected chi connectivity index (χ1v) is 7.37. The number of hydrogen-bond acceptors (Lipinski definition) is 3. The lowest BCUT2D eigenvalue weighted by Crippen LogP contribution is -2.44. The molecule has 0 amide bonds. The Morgan fingerprint density at radius 2 is 1.61 bits per heavy atom. The Kier molecular flexibility index (Phi) is 2.35. The first kappa shape index (κ1) is 11.0. The van der Waals surface area contributed by atoms with E-state index < -0.39 is 0 Å². The lowest BCUT2D eigenvalue weighted by molar-refractivity contribution is -0.00413. The van der Waals surface area contributed by atoms with Crippen molar-refractivity contribution in [1.82, 2.24) is 9.97 Å². The molecule has 4 fully saturated rings. The van der Waals surface area contributed by atoms with E-state index in [-0.39, 0.29) is 0 Å². The number of rotatable bonds is 1. The molecule has 1 heterocycles. The molecule has 0 atom stereocenters. The number of halogens is 1. The van der Waals surface area contributed by atoms with Crippen LogP contribution < -0.4 is 5.73 Å². The van der Waals surface area contributed by atoms with Gasteiger partial charge in [0.05, 0.1) is 5.69 Å². The SMILES string of the molecule is Nc1nc(Cl)cc(C2C3CC4CC(C3)CC2C4)n1. The molecule has 0 radical (unpaired) electrons. The van der Waals surface area contributed by atoms with Gasteiger partial charge in [0, 0.05) is 5.92 Å². The summed E-state index contributed by atoms with van der Waals surface area (Å²) in [5.41, 5.74) is 6.84. The fourth-order valence-electron chi connectivity index (χ4n) is 5.03. The van der Waals surface area contributed by atoms with E-state index >= 15 is 0 Å². The van der Waals surface area contributed by atoms with Crippen LogP contribution in [0.15, 0.2) is 6.07 Å². The average Bonchev–Trinajstić information content (AvgIpc) is 2.25. The molecule has 3 nitrogen and oxygen atoms in total. The standard InChI is InChI=1S/C14H18ClN3/c15-12-6-11(17-14(16)18-12)13-9-2-7-1-8(4-9)5-10(13)3-7/h6-10,13H,1-5H2,(H2,16,17,18). The third-order valence-corrected chi connectivity index (χ3v) is 5.49. The second-order valence-corrected chi connectivity index (χ2v) is 6.82. The maximum absolute atomic E-state index is 6.03. The van der Waals surface area contributed by atoms with Crippen molar-refractivity contribution in [2.24, 2.45) is 23.7 Å². The molecule has 1 aromatic heterocycles. The molecule has 4 heteroatoms.